The quantitative estimate of drug-likeness (QED) is 0.456. The maximum atomic E-state index is 12.1. The van der Waals surface area contributed by atoms with Gasteiger partial charge < -0.3 is 25.0 Å². The average Bonchev–Trinajstić information content (AvgIpc) is 2.77. The molecule has 2 aromatic rings. The van der Waals surface area contributed by atoms with Gasteiger partial charge in [0.1, 0.15) is 0 Å². The van der Waals surface area contributed by atoms with Crippen LogP contribution in [0.3, 0.4) is 0 Å². The number of carbonyl (C=O) groups is 1. The molecule has 0 aliphatic rings. The van der Waals surface area contributed by atoms with Gasteiger partial charge in [0.2, 0.25) is 0 Å². The van der Waals surface area contributed by atoms with Crippen molar-refractivity contribution in [1.29, 1.82) is 0 Å². The van der Waals surface area contributed by atoms with Crippen LogP contribution in [-0.2, 0) is 13.0 Å². The highest BCUT2D eigenvalue weighted by molar-refractivity contribution is 6.32. The summed E-state index contributed by atoms with van der Waals surface area (Å²) in [5, 5.41) is 7.07. The number of ether oxygens (including phenoxy) is 2. The van der Waals surface area contributed by atoms with Gasteiger partial charge in [-0.1, -0.05) is 23.7 Å². The van der Waals surface area contributed by atoms with Crippen molar-refractivity contribution < 1.29 is 14.3 Å². The molecule has 2 aromatic carbocycles. The Kier molecular flexibility index (Phi) is 9.46. The fourth-order valence-electron chi connectivity index (χ4n) is 3.01. The van der Waals surface area contributed by atoms with Crippen molar-refractivity contribution in [1.82, 2.24) is 15.5 Å². The SMILES string of the molecule is CCOc1c(Cl)cc(CNC(=NC)NCCc2cccc(C(=O)N(C)C)c2)cc1OC. The fraction of sp³-hybridized carbons (Fsp3) is 0.391. The van der Waals surface area contributed by atoms with Crippen LogP contribution in [0, 0.1) is 0 Å². The van der Waals surface area contributed by atoms with Crippen molar-refractivity contribution in [3.05, 3.63) is 58.1 Å². The van der Waals surface area contributed by atoms with Gasteiger partial charge in [0, 0.05) is 39.8 Å². The summed E-state index contributed by atoms with van der Waals surface area (Å²) in [6, 6.07) is 11.4. The number of halogens is 1. The maximum Gasteiger partial charge on any atom is 0.253 e. The van der Waals surface area contributed by atoms with E-state index in [0.29, 0.717) is 47.7 Å². The lowest BCUT2D eigenvalue weighted by molar-refractivity contribution is 0.0827. The third-order valence-electron chi connectivity index (χ3n) is 4.55. The second-order valence-electron chi connectivity index (χ2n) is 7.04. The third-order valence-corrected chi connectivity index (χ3v) is 4.83. The Morgan fingerprint density at radius 3 is 2.58 bits per heavy atom. The van der Waals surface area contributed by atoms with Crippen LogP contribution in [0.4, 0.5) is 0 Å². The van der Waals surface area contributed by atoms with Crippen LogP contribution in [0.5, 0.6) is 11.5 Å². The lowest BCUT2D eigenvalue weighted by atomic mass is 10.1. The first kappa shape index (κ1) is 24.3. The molecule has 7 nitrogen and oxygen atoms in total. The van der Waals surface area contributed by atoms with Gasteiger partial charge in [-0.15, -0.1) is 0 Å². The second kappa shape index (κ2) is 12.1. The third kappa shape index (κ3) is 7.07. The van der Waals surface area contributed by atoms with E-state index in [1.165, 1.54) is 0 Å². The standard InChI is InChI=1S/C23H31ClN4O3/c1-6-31-21-19(24)13-17(14-20(21)30-5)15-27-23(25-2)26-11-10-16-8-7-9-18(12-16)22(29)28(3)4/h7-9,12-14H,6,10-11,15H2,1-5H3,(H2,25,26,27). The number of carbonyl (C=O) groups excluding carboxylic acids is 1. The predicted molar refractivity (Wildman–Crippen MR) is 126 cm³/mol. The van der Waals surface area contributed by atoms with E-state index in [1.807, 2.05) is 43.3 Å². The second-order valence-corrected chi connectivity index (χ2v) is 7.45. The molecule has 2 rings (SSSR count). The van der Waals surface area contributed by atoms with Crippen molar-refractivity contribution in [3.63, 3.8) is 0 Å². The number of hydrogen-bond acceptors (Lipinski definition) is 4. The zero-order valence-corrected chi connectivity index (χ0v) is 19.5. The van der Waals surface area contributed by atoms with Crippen molar-refractivity contribution in [3.8, 4) is 11.5 Å². The summed E-state index contributed by atoms with van der Waals surface area (Å²) in [5.41, 5.74) is 2.72. The molecule has 0 heterocycles. The van der Waals surface area contributed by atoms with Gasteiger partial charge in [-0.2, -0.15) is 0 Å². The van der Waals surface area contributed by atoms with Crippen LogP contribution >= 0.6 is 11.6 Å². The number of nitrogens with zero attached hydrogens (tertiary/aromatic N) is 2. The van der Waals surface area contributed by atoms with Crippen molar-refractivity contribution in [2.24, 2.45) is 4.99 Å². The molecule has 0 radical (unpaired) electrons. The van der Waals surface area contributed by atoms with Crippen LogP contribution in [0.1, 0.15) is 28.4 Å². The van der Waals surface area contributed by atoms with E-state index in [2.05, 4.69) is 15.6 Å². The van der Waals surface area contributed by atoms with Gasteiger partial charge >= 0.3 is 0 Å². The van der Waals surface area contributed by atoms with E-state index in [-0.39, 0.29) is 5.91 Å². The van der Waals surface area contributed by atoms with E-state index in [4.69, 9.17) is 21.1 Å². The molecule has 0 unspecified atom stereocenters. The molecular formula is C23H31ClN4O3. The van der Waals surface area contributed by atoms with Gasteiger partial charge in [-0.3, -0.25) is 9.79 Å². The summed E-state index contributed by atoms with van der Waals surface area (Å²) in [4.78, 5) is 18.0. The van der Waals surface area contributed by atoms with Gasteiger partial charge in [0.25, 0.3) is 5.91 Å². The summed E-state index contributed by atoms with van der Waals surface area (Å²) < 4.78 is 11.0. The van der Waals surface area contributed by atoms with Crippen LogP contribution in [-0.4, -0.2) is 58.2 Å². The lowest BCUT2D eigenvalue weighted by Crippen LogP contribution is -2.37. The molecule has 0 saturated carbocycles. The molecule has 168 valence electrons. The van der Waals surface area contributed by atoms with E-state index >= 15 is 0 Å². The highest BCUT2D eigenvalue weighted by Gasteiger charge is 2.12. The van der Waals surface area contributed by atoms with E-state index < -0.39 is 0 Å². The number of nitrogens with one attached hydrogen (secondary N) is 2. The molecule has 8 heteroatoms. The molecule has 31 heavy (non-hydrogen) atoms. The lowest BCUT2D eigenvalue weighted by Gasteiger charge is -2.15. The minimum atomic E-state index is -0.00303. The molecule has 0 spiro atoms. The number of methoxy groups -OCH3 is 1. The highest BCUT2D eigenvalue weighted by atomic mass is 35.5. The monoisotopic (exact) mass is 446 g/mol. The number of benzene rings is 2. The number of hydrogen-bond donors (Lipinski definition) is 2. The van der Waals surface area contributed by atoms with Gasteiger partial charge in [-0.05, 0) is 48.7 Å². The van der Waals surface area contributed by atoms with Crippen LogP contribution < -0.4 is 20.1 Å². The molecule has 0 aliphatic carbocycles. The Bertz CT molecular complexity index is 916. The van der Waals surface area contributed by atoms with Crippen LogP contribution in [0.2, 0.25) is 5.02 Å². The van der Waals surface area contributed by atoms with Crippen molar-refractivity contribution in [2.45, 2.75) is 19.9 Å². The van der Waals surface area contributed by atoms with Crippen molar-refractivity contribution in [2.75, 3.05) is 41.4 Å². The molecule has 0 aromatic heterocycles. The van der Waals surface area contributed by atoms with Gasteiger partial charge in [0.05, 0.1) is 18.7 Å². The molecule has 0 saturated heterocycles. The van der Waals surface area contributed by atoms with Gasteiger partial charge in [0.15, 0.2) is 17.5 Å². The molecule has 2 N–H and O–H groups in total. The topological polar surface area (TPSA) is 75.2 Å². The number of rotatable bonds is 9. The first-order valence-corrected chi connectivity index (χ1v) is 10.5. The predicted octanol–water partition coefficient (Wildman–Crippen LogP) is 3.36. The fourth-order valence-corrected chi connectivity index (χ4v) is 3.30. The van der Waals surface area contributed by atoms with Crippen molar-refractivity contribution >= 4 is 23.5 Å². The molecule has 0 bridgehead atoms. The van der Waals surface area contributed by atoms with Gasteiger partial charge in [-0.25, -0.2) is 0 Å². The minimum Gasteiger partial charge on any atom is -0.493 e. The number of aliphatic imine (C=N–C) groups is 1. The molecular weight excluding hydrogens is 416 g/mol. The molecule has 0 atom stereocenters. The first-order chi connectivity index (χ1) is 14.9. The Morgan fingerprint density at radius 1 is 1.16 bits per heavy atom. The molecule has 0 fully saturated rings. The Hall–Kier alpha value is -2.93. The normalized spacial score (nSPS) is 11.1. The Morgan fingerprint density at radius 2 is 1.94 bits per heavy atom. The minimum absolute atomic E-state index is 0.00303. The average molecular weight is 447 g/mol. The van der Waals surface area contributed by atoms with E-state index in [9.17, 15) is 4.79 Å². The number of guanidine groups is 1. The Labute approximate surface area is 189 Å². The molecule has 0 aliphatic heterocycles. The molecule has 1 amide bonds. The first-order valence-electron chi connectivity index (χ1n) is 10.1. The zero-order chi connectivity index (χ0) is 22.8. The van der Waals surface area contributed by atoms with E-state index in [0.717, 1.165) is 17.5 Å². The van der Waals surface area contributed by atoms with Crippen LogP contribution in [0.15, 0.2) is 41.4 Å². The highest BCUT2D eigenvalue weighted by Crippen LogP contribution is 2.36. The summed E-state index contributed by atoms with van der Waals surface area (Å²) in [6.07, 6.45) is 0.762. The maximum absolute atomic E-state index is 12.1. The summed E-state index contributed by atoms with van der Waals surface area (Å²) in [5.74, 6) is 1.82. The Balaban J connectivity index is 1.92. The van der Waals surface area contributed by atoms with Crippen LogP contribution in [0.25, 0.3) is 0 Å². The largest absolute Gasteiger partial charge is 0.493 e. The smallest absolute Gasteiger partial charge is 0.253 e. The number of amides is 1. The van der Waals surface area contributed by atoms with E-state index in [1.54, 1.807) is 33.2 Å². The summed E-state index contributed by atoms with van der Waals surface area (Å²) in [7, 11) is 6.81. The zero-order valence-electron chi connectivity index (χ0n) is 18.8. The summed E-state index contributed by atoms with van der Waals surface area (Å²) in [6.45, 7) is 3.61. The summed E-state index contributed by atoms with van der Waals surface area (Å²) >= 11 is 6.34.